The van der Waals surface area contributed by atoms with Crippen LogP contribution in [0.4, 0.5) is 0 Å². The summed E-state index contributed by atoms with van der Waals surface area (Å²) >= 11 is 0. The van der Waals surface area contributed by atoms with Crippen LogP contribution in [0.2, 0.25) is 0 Å². The molecule has 0 bridgehead atoms. The molecule has 0 saturated carbocycles. The van der Waals surface area contributed by atoms with E-state index >= 15 is 0 Å². The fraction of sp³-hybridized carbons (Fsp3) is 0.619. The molecule has 0 unspecified atom stereocenters. The van der Waals surface area contributed by atoms with Gasteiger partial charge >= 0.3 is 0 Å². The van der Waals surface area contributed by atoms with Crippen LogP contribution < -0.4 is 0 Å². The minimum atomic E-state index is 0.0725. The van der Waals surface area contributed by atoms with Gasteiger partial charge in [0.1, 0.15) is 5.69 Å². The zero-order valence-electron chi connectivity index (χ0n) is 17.2. The van der Waals surface area contributed by atoms with Gasteiger partial charge < -0.3 is 14.4 Å². The summed E-state index contributed by atoms with van der Waals surface area (Å²) in [4.78, 5) is 33.4. The van der Waals surface area contributed by atoms with Gasteiger partial charge in [-0.15, -0.1) is 0 Å². The van der Waals surface area contributed by atoms with Gasteiger partial charge in [-0.3, -0.25) is 14.3 Å². The third-order valence-electron chi connectivity index (χ3n) is 6.50. The molecule has 0 atom stereocenters. The first-order chi connectivity index (χ1) is 14.1. The summed E-state index contributed by atoms with van der Waals surface area (Å²) < 4.78 is 3.81. The maximum Gasteiger partial charge on any atom is 0.272 e. The van der Waals surface area contributed by atoms with Crippen molar-refractivity contribution < 1.29 is 9.59 Å². The minimum Gasteiger partial charge on any atom is -0.342 e. The maximum atomic E-state index is 12.9. The number of hydrogen-bond donors (Lipinski definition) is 0. The zero-order chi connectivity index (χ0) is 20.3. The molecule has 2 fully saturated rings. The van der Waals surface area contributed by atoms with E-state index in [4.69, 9.17) is 0 Å². The zero-order valence-corrected chi connectivity index (χ0v) is 17.2. The third kappa shape index (κ3) is 4.21. The summed E-state index contributed by atoms with van der Waals surface area (Å²) in [7, 11) is 0. The van der Waals surface area contributed by atoms with E-state index in [1.807, 2.05) is 29.2 Å². The lowest BCUT2D eigenvalue weighted by atomic mass is 9.72. The number of rotatable bonds is 6. The molecule has 8 heteroatoms. The molecule has 2 aliphatic heterocycles. The normalized spacial score (nSPS) is 19.1. The molecule has 156 valence electrons. The van der Waals surface area contributed by atoms with Crippen molar-refractivity contribution in [1.82, 2.24) is 29.1 Å². The van der Waals surface area contributed by atoms with Crippen molar-refractivity contribution >= 4 is 11.8 Å². The highest BCUT2D eigenvalue weighted by Gasteiger charge is 2.41. The number of likely N-dealkylation sites (tertiary alicyclic amines) is 2. The minimum absolute atomic E-state index is 0.0725. The Morgan fingerprint density at radius 2 is 2.00 bits per heavy atom. The Morgan fingerprint density at radius 3 is 2.72 bits per heavy atom. The van der Waals surface area contributed by atoms with Crippen LogP contribution in [0.15, 0.2) is 31.0 Å². The lowest BCUT2D eigenvalue weighted by Gasteiger charge is -2.47. The van der Waals surface area contributed by atoms with Crippen molar-refractivity contribution in [3.63, 3.8) is 0 Å². The van der Waals surface area contributed by atoms with Crippen LogP contribution in [-0.2, 0) is 17.9 Å². The van der Waals surface area contributed by atoms with E-state index in [-0.39, 0.29) is 17.2 Å². The predicted molar refractivity (Wildman–Crippen MR) is 108 cm³/mol. The number of carbonyl (C=O) groups is 2. The summed E-state index contributed by atoms with van der Waals surface area (Å²) in [6.07, 6.45) is 11.7. The van der Waals surface area contributed by atoms with Gasteiger partial charge in [0.25, 0.3) is 5.91 Å². The first-order valence-corrected chi connectivity index (χ1v) is 10.6. The van der Waals surface area contributed by atoms with Crippen LogP contribution in [0, 0.1) is 5.41 Å². The lowest BCUT2D eigenvalue weighted by Crippen LogP contribution is -2.52. The van der Waals surface area contributed by atoms with Crippen LogP contribution in [0.5, 0.6) is 0 Å². The van der Waals surface area contributed by atoms with Crippen molar-refractivity contribution in [2.75, 3.05) is 26.2 Å². The molecule has 29 heavy (non-hydrogen) atoms. The van der Waals surface area contributed by atoms with E-state index in [2.05, 4.69) is 14.6 Å². The Hall–Kier alpha value is -2.64. The van der Waals surface area contributed by atoms with Crippen LogP contribution in [0.1, 0.15) is 49.5 Å². The number of amides is 2. The molecular formula is C21H30N6O2. The van der Waals surface area contributed by atoms with Gasteiger partial charge in [0.05, 0.1) is 6.33 Å². The molecule has 2 aromatic rings. The Morgan fingerprint density at radius 1 is 1.17 bits per heavy atom. The van der Waals surface area contributed by atoms with Crippen LogP contribution in [0.25, 0.3) is 0 Å². The summed E-state index contributed by atoms with van der Waals surface area (Å²) in [6, 6.07) is 1.80. The SMILES string of the molecule is CCn1nccc1C(=O)N1CCC2(CCC(=O)N(CCCn3ccnc3)C2)CC1. The average molecular weight is 399 g/mol. The van der Waals surface area contributed by atoms with Crippen molar-refractivity contribution in [2.24, 2.45) is 5.41 Å². The third-order valence-corrected chi connectivity index (χ3v) is 6.50. The van der Waals surface area contributed by atoms with Gasteiger partial charge in [-0.25, -0.2) is 4.98 Å². The second-order valence-electron chi connectivity index (χ2n) is 8.29. The number of carbonyl (C=O) groups excluding carboxylic acids is 2. The quantitative estimate of drug-likeness (QED) is 0.746. The van der Waals surface area contributed by atoms with E-state index in [0.29, 0.717) is 18.7 Å². The summed E-state index contributed by atoms with van der Waals surface area (Å²) in [5, 5.41) is 4.22. The van der Waals surface area contributed by atoms with Crippen LogP contribution in [-0.4, -0.2) is 67.1 Å². The van der Waals surface area contributed by atoms with Crippen LogP contribution in [0.3, 0.4) is 0 Å². The molecule has 0 N–H and O–H groups in total. The van der Waals surface area contributed by atoms with Crippen molar-refractivity contribution in [2.45, 2.75) is 52.1 Å². The largest absolute Gasteiger partial charge is 0.342 e. The van der Waals surface area contributed by atoms with E-state index in [1.54, 1.807) is 23.1 Å². The summed E-state index contributed by atoms with van der Waals surface area (Å²) in [5.41, 5.74) is 0.827. The maximum absolute atomic E-state index is 12.9. The lowest BCUT2D eigenvalue weighted by molar-refractivity contribution is -0.139. The molecule has 0 aliphatic carbocycles. The van der Waals surface area contributed by atoms with E-state index in [0.717, 1.165) is 58.4 Å². The van der Waals surface area contributed by atoms with Crippen molar-refractivity contribution in [3.05, 3.63) is 36.7 Å². The fourth-order valence-corrected chi connectivity index (χ4v) is 4.69. The number of piperidine rings is 2. The Kier molecular flexibility index (Phi) is 5.69. The highest BCUT2D eigenvalue weighted by Crippen LogP contribution is 2.40. The van der Waals surface area contributed by atoms with Gasteiger partial charge in [0.2, 0.25) is 5.91 Å². The predicted octanol–water partition coefficient (Wildman–Crippen LogP) is 2.03. The van der Waals surface area contributed by atoms with Gasteiger partial charge in [-0.2, -0.15) is 5.10 Å². The monoisotopic (exact) mass is 398 g/mol. The summed E-state index contributed by atoms with van der Waals surface area (Å²) in [5.74, 6) is 0.342. The van der Waals surface area contributed by atoms with E-state index in [1.165, 1.54) is 0 Å². The summed E-state index contributed by atoms with van der Waals surface area (Å²) in [6.45, 7) is 6.69. The number of nitrogens with zero attached hydrogens (tertiary/aromatic N) is 6. The Labute approximate surface area is 171 Å². The van der Waals surface area contributed by atoms with E-state index < -0.39 is 0 Å². The van der Waals surface area contributed by atoms with Gasteiger partial charge in [-0.05, 0) is 44.1 Å². The molecule has 0 radical (unpaired) electrons. The molecule has 2 aliphatic rings. The van der Waals surface area contributed by atoms with Crippen LogP contribution >= 0.6 is 0 Å². The first-order valence-electron chi connectivity index (χ1n) is 10.6. The average Bonchev–Trinajstić information content (AvgIpc) is 3.42. The second-order valence-corrected chi connectivity index (χ2v) is 8.29. The Balaban J connectivity index is 1.32. The van der Waals surface area contributed by atoms with Gasteiger partial charge in [0.15, 0.2) is 0 Å². The molecule has 2 amide bonds. The molecule has 4 heterocycles. The topological polar surface area (TPSA) is 76.3 Å². The van der Waals surface area contributed by atoms with Crippen molar-refractivity contribution in [1.29, 1.82) is 0 Å². The Bertz CT molecular complexity index is 835. The van der Waals surface area contributed by atoms with Gasteiger partial charge in [-0.1, -0.05) is 0 Å². The molecule has 2 aromatic heterocycles. The molecular weight excluding hydrogens is 368 g/mol. The fourth-order valence-electron chi connectivity index (χ4n) is 4.69. The number of aromatic nitrogens is 4. The molecule has 1 spiro atoms. The number of imidazole rings is 1. The second kappa shape index (κ2) is 8.39. The van der Waals surface area contributed by atoms with E-state index in [9.17, 15) is 9.59 Å². The smallest absolute Gasteiger partial charge is 0.272 e. The first kappa shape index (κ1) is 19.7. The van der Waals surface area contributed by atoms with Gasteiger partial charge in [0, 0.05) is 64.3 Å². The molecule has 4 rings (SSSR count). The molecule has 2 saturated heterocycles. The standard InChI is InChI=1S/C21H30N6O2/c1-2-27-18(5-9-23-27)20(29)25-13-7-21(8-14-25)6-4-19(28)26(16-21)12-3-11-24-15-10-22-17-24/h5,9-10,15,17H,2-4,6-8,11-14,16H2,1H3. The number of hydrogen-bond acceptors (Lipinski definition) is 4. The number of aryl methyl sites for hydroxylation is 2. The molecule has 0 aromatic carbocycles. The highest BCUT2D eigenvalue weighted by atomic mass is 16.2. The highest BCUT2D eigenvalue weighted by molar-refractivity contribution is 5.92. The van der Waals surface area contributed by atoms with Crippen molar-refractivity contribution in [3.8, 4) is 0 Å². The molecule has 8 nitrogen and oxygen atoms in total.